The van der Waals surface area contributed by atoms with E-state index in [4.69, 9.17) is 21.8 Å². The van der Waals surface area contributed by atoms with E-state index >= 15 is 0 Å². The van der Waals surface area contributed by atoms with E-state index < -0.39 is 49.2 Å². The molecule has 9 nitrogen and oxygen atoms in total. The number of halogens is 1. The topological polar surface area (TPSA) is 147 Å². The van der Waals surface area contributed by atoms with Gasteiger partial charge in [-0.15, -0.1) is 0 Å². The van der Waals surface area contributed by atoms with E-state index in [-0.39, 0.29) is 0 Å². The highest BCUT2D eigenvalue weighted by Crippen LogP contribution is 2.26. The van der Waals surface area contributed by atoms with Crippen molar-refractivity contribution in [1.82, 2.24) is 4.72 Å². The molecule has 0 bridgehead atoms. The molecule has 0 spiro atoms. The number of sulfonamides is 1. The van der Waals surface area contributed by atoms with Gasteiger partial charge in [0.25, 0.3) is 5.69 Å². The predicted molar refractivity (Wildman–Crippen MR) is 66.9 cm³/mol. The molecule has 0 amide bonds. The molecule has 0 radical (unpaired) electrons. The number of non-ortho nitro benzene ring substituents is 1. The van der Waals surface area contributed by atoms with Gasteiger partial charge in [0.2, 0.25) is 10.0 Å². The Hall–Kier alpha value is -1.75. The Balaban J connectivity index is 3.16. The summed E-state index contributed by atoms with van der Waals surface area (Å²) in [6, 6.07) is 0.866. The number of aliphatic hydroxyl groups excluding tert-OH is 1. The van der Waals surface area contributed by atoms with E-state index in [2.05, 4.69) is 0 Å². The third kappa shape index (κ3) is 3.63. The average molecular weight is 325 g/mol. The van der Waals surface area contributed by atoms with Crippen LogP contribution in [0.15, 0.2) is 23.1 Å². The van der Waals surface area contributed by atoms with Crippen LogP contribution in [0.5, 0.6) is 0 Å². The van der Waals surface area contributed by atoms with Gasteiger partial charge in [-0.3, -0.25) is 14.9 Å². The van der Waals surface area contributed by atoms with Crippen LogP contribution in [-0.2, 0) is 14.8 Å². The molecule has 1 rings (SSSR count). The number of carboxylic acid groups (broad SMARTS) is 1. The molecule has 0 fully saturated rings. The number of carboxylic acids is 1. The van der Waals surface area contributed by atoms with E-state index in [1.54, 1.807) is 4.72 Å². The van der Waals surface area contributed by atoms with E-state index in [0.717, 1.165) is 18.2 Å². The molecule has 11 heteroatoms. The zero-order valence-corrected chi connectivity index (χ0v) is 11.3. The van der Waals surface area contributed by atoms with Crippen LogP contribution in [0.25, 0.3) is 0 Å². The second-order valence-electron chi connectivity index (χ2n) is 3.57. The minimum atomic E-state index is -4.34. The lowest BCUT2D eigenvalue weighted by molar-refractivity contribution is -0.384. The summed E-state index contributed by atoms with van der Waals surface area (Å²) >= 11 is 5.63. The average Bonchev–Trinajstić information content (AvgIpc) is 2.35. The number of rotatable bonds is 6. The lowest BCUT2D eigenvalue weighted by atomic mass is 10.3. The smallest absolute Gasteiger partial charge is 0.324 e. The van der Waals surface area contributed by atoms with Crippen LogP contribution in [-0.4, -0.2) is 42.2 Å². The summed E-state index contributed by atoms with van der Waals surface area (Å²) in [5, 5.41) is 27.5. The van der Waals surface area contributed by atoms with Gasteiger partial charge in [0, 0.05) is 12.1 Å². The lowest BCUT2D eigenvalue weighted by Gasteiger charge is -2.12. The monoisotopic (exact) mass is 324 g/mol. The largest absolute Gasteiger partial charge is 0.480 e. The number of nitrogens with zero attached hydrogens (tertiary/aromatic N) is 1. The second kappa shape index (κ2) is 6.13. The first-order valence-corrected chi connectivity index (χ1v) is 6.85. The van der Waals surface area contributed by atoms with Crippen molar-refractivity contribution in [3.05, 3.63) is 33.3 Å². The van der Waals surface area contributed by atoms with E-state index in [9.17, 15) is 23.3 Å². The van der Waals surface area contributed by atoms with E-state index in [1.807, 2.05) is 0 Å². The third-order valence-corrected chi connectivity index (χ3v) is 4.15. The third-order valence-electron chi connectivity index (χ3n) is 2.19. The first-order valence-electron chi connectivity index (χ1n) is 4.99. The summed E-state index contributed by atoms with van der Waals surface area (Å²) in [6.45, 7) is -0.959. The fourth-order valence-corrected chi connectivity index (χ4v) is 2.96. The van der Waals surface area contributed by atoms with Gasteiger partial charge in [0.1, 0.15) is 10.9 Å². The number of hydrogen-bond donors (Lipinski definition) is 3. The molecule has 0 aliphatic carbocycles. The number of nitrogens with one attached hydrogen (secondary N) is 1. The Labute approximate surface area is 118 Å². The highest BCUT2D eigenvalue weighted by Gasteiger charge is 2.27. The zero-order chi connectivity index (χ0) is 15.5. The predicted octanol–water partition coefficient (Wildman–Crippen LogP) is -0.0280. The minimum absolute atomic E-state index is 0.411. The van der Waals surface area contributed by atoms with Gasteiger partial charge >= 0.3 is 5.97 Å². The van der Waals surface area contributed by atoms with Gasteiger partial charge in [0.15, 0.2) is 0 Å². The van der Waals surface area contributed by atoms with Crippen molar-refractivity contribution in [2.45, 2.75) is 10.9 Å². The Bertz CT molecular complexity index is 646. The van der Waals surface area contributed by atoms with E-state index in [1.165, 1.54) is 0 Å². The number of nitro benzene ring substituents is 1. The first-order chi connectivity index (χ1) is 9.19. The number of aliphatic carboxylic acids is 1. The van der Waals surface area contributed by atoms with Gasteiger partial charge in [-0.05, 0) is 6.07 Å². The Kier molecular flexibility index (Phi) is 5.00. The van der Waals surface area contributed by atoms with Crippen LogP contribution >= 0.6 is 11.6 Å². The molecule has 1 aromatic rings. The zero-order valence-electron chi connectivity index (χ0n) is 9.69. The molecule has 0 heterocycles. The number of carbonyl (C=O) groups is 1. The molecule has 0 aliphatic rings. The molecular weight excluding hydrogens is 316 g/mol. The number of hydrogen-bond acceptors (Lipinski definition) is 6. The summed E-state index contributed by atoms with van der Waals surface area (Å²) in [6.07, 6.45) is 0. The fourth-order valence-electron chi connectivity index (χ4n) is 1.24. The maximum absolute atomic E-state index is 11.9. The molecule has 0 aliphatic heterocycles. The van der Waals surface area contributed by atoms with Crippen LogP contribution in [0.2, 0.25) is 5.02 Å². The van der Waals surface area contributed by atoms with Crippen LogP contribution in [0, 0.1) is 10.1 Å². The van der Waals surface area contributed by atoms with Gasteiger partial charge < -0.3 is 10.2 Å². The molecule has 110 valence electrons. The van der Waals surface area contributed by atoms with Crippen molar-refractivity contribution in [2.24, 2.45) is 0 Å². The summed E-state index contributed by atoms with van der Waals surface area (Å²) in [7, 11) is -4.34. The highest BCUT2D eigenvalue weighted by atomic mass is 35.5. The summed E-state index contributed by atoms with van der Waals surface area (Å²) in [5.74, 6) is -1.57. The maximum atomic E-state index is 11.9. The van der Waals surface area contributed by atoms with Crippen molar-refractivity contribution < 1.29 is 28.3 Å². The highest BCUT2D eigenvalue weighted by molar-refractivity contribution is 7.89. The molecular formula is C9H9ClN2O7S. The Morgan fingerprint density at radius 3 is 2.50 bits per heavy atom. The van der Waals surface area contributed by atoms with Gasteiger partial charge in [-0.25, -0.2) is 8.42 Å². The summed E-state index contributed by atoms with van der Waals surface area (Å²) in [4.78, 5) is 19.9. The van der Waals surface area contributed by atoms with Crippen molar-refractivity contribution in [2.75, 3.05) is 6.61 Å². The number of aliphatic hydroxyl groups is 1. The van der Waals surface area contributed by atoms with Gasteiger partial charge in [0.05, 0.1) is 16.6 Å². The van der Waals surface area contributed by atoms with Crippen molar-refractivity contribution in [3.8, 4) is 0 Å². The molecule has 1 atom stereocenters. The van der Waals surface area contributed by atoms with Crippen LogP contribution in [0.1, 0.15) is 0 Å². The molecule has 0 saturated heterocycles. The van der Waals surface area contributed by atoms with Gasteiger partial charge in [-0.2, -0.15) is 4.72 Å². The van der Waals surface area contributed by atoms with Crippen molar-refractivity contribution >= 4 is 33.3 Å². The normalized spacial score (nSPS) is 12.9. The molecule has 1 aromatic carbocycles. The fraction of sp³-hybridized carbons (Fsp3) is 0.222. The van der Waals surface area contributed by atoms with Crippen LogP contribution in [0.4, 0.5) is 5.69 Å². The van der Waals surface area contributed by atoms with Crippen molar-refractivity contribution in [3.63, 3.8) is 0 Å². The Morgan fingerprint density at radius 2 is 2.10 bits per heavy atom. The van der Waals surface area contributed by atoms with Crippen molar-refractivity contribution in [1.29, 1.82) is 0 Å². The van der Waals surface area contributed by atoms with Gasteiger partial charge in [-0.1, -0.05) is 11.6 Å². The van der Waals surface area contributed by atoms with Crippen LogP contribution < -0.4 is 4.72 Å². The molecule has 0 unspecified atom stereocenters. The lowest BCUT2D eigenvalue weighted by Crippen LogP contribution is -2.43. The summed E-state index contributed by atoms with van der Waals surface area (Å²) < 4.78 is 25.5. The first kappa shape index (κ1) is 16.3. The molecule has 0 saturated carbocycles. The number of nitro groups is 1. The van der Waals surface area contributed by atoms with E-state index in [0.29, 0.717) is 0 Å². The molecule has 20 heavy (non-hydrogen) atoms. The maximum Gasteiger partial charge on any atom is 0.324 e. The SMILES string of the molecule is O=C(O)[C@@H](CO)NS(=O)(=O)c1ccc([N+](=O)[O-])cc1Cl. The quantitative estimate of drug-likeness (QED) is 0.491. The summed E-state index contributed by atoms with van der Waals surface area (Å²) in [5.41, 5.74) is -0.411. The second-order valence-corrected chi connectivity index (χ2v) is 5.66. The standard InChI is InChI=1S/C9H9ClN2O7S/c10-6-3-5(12(16)17)1-2-8(6)20(18,19)11-7(4-13)9(14)15/h1-3,7,11,13H,4H2,(H,14,15)/t7-/m1/s1. The molecule has 0 aromatic heterocycles. The molecule has 3 N–H and O–H groups in total. The number of benzene rings is 1. The Morgan fingerprint density at radius 1 is 1.50 bits per heavy atom. The van der Waals surface area contributed by atoms with Crippen LogP contribution in [0.3, 0.4) is 0 Å². The minimum Gasteiger partial charge on any atom is -0.480 e.